The van der Waals surface area contributed by atoms with Gasteiger partial charge in [-0.15, -0.1) is 0 Å². The Morgan fingerprint density at radius 3 is 2.37 bits per heavy atom. The van der Waals surface area contributed by atoms with Gasteiger partial charge in [-0.25, -0.2) is 9.37 Å². The molecule has 3 heterocycles. The molecule has 0 radical (unpaired) electrons. The molecule has 0 aliphatic carbocycles. The normalized spacial score (nSPS) is 20.3. The molecule has 7 nitrogen and oxygen atoms in total. The summed E-state index contributed by atoms with van der Waals surface area (Å²) >= 11 is 0. The second-order valence-electron chi connectivity index (χ2n) is 10.7. The van der Waals surface area contributed by atoms with E-state index in [0.29, 0.717) is 11.4 Å². The van der Waals surface area contributed by atoms with E-state index in [2.05, 4.69) is 60.2 Å². The van der Waals surface area contributed by atoms with E-state index in [1.165, 1.54) is 6.07 Å². The molecular weight excluding hydrogens is 457 g/mol. The molecule has 192 valence electrons. The number of halogens is 3. The molecule has 2 saturated heterocycles. The predicted molar refractivity (Wildman–Crippen MR) is 132 cm³/mol. The summed E-state index contributed by atoms with van der Waals surface area (Å²) in [5, 5.41) is 6.27. The molecule has 0 atom stereocenters. The van der Waals surface area contributed by atoms with Gasteiger partial charge in [-0.2, -0.15) is 13.8 Å². The average molecular weight is 493 g/mol. The van der Waals surface area contributed by atoms with Crippen molar-refractivity contribution in [3.05, 3.63) is 30.2 Å². The number of rotatable bonds is 7. The molecule has 1 aromatic carbocycles. The molecule has 0 bridgehead atoms. The Kier molecular flexibility index (Phi) is 7.04. The standard InChI is InChI=1S/C25H35F3N6O/c1-24(2)13-17(14-25(3,4)33(24)5)30-21-18(26)15-29-23(32-21)31-16-8-9-19(34-10-6-7-11-34)20(12-16)35-22(27)28/h8-9,12,15,17,22H,6-7,10-11,13-14H2,1-5H3,(H2,29,30,31,32). The van der Waals surface area contributed by atoms with E-state index in [9.17, 15) is 13.2 Å². The van der Waals surface area contributed by atoms with Crippen molar-refractivity contribution in [1.29, 1.82) is 0 Å². The van der Waals surface area contributed by atoms with Gasteiger partial charge in [0, 0.05) is 42.0 Å². The quantitative estimate of drug-likeness (QED) is 0.520. The number of benzene rings is 1. The number of ether oxygens (including phenoxy) is 1. The molecule has 2 aliphatic heterocycles. The van der Waals surface area contributed by atoms with E-state index in [4.69, 9.17) is 4.74 Å². The maximum Gasteiger partial charge on any atom is 0.387 e. The van der Waals surface area contributed by atoms with Gasteiger partial charge in [-0.1, -0.05) is 0 Å². The van der Waals surface area contributed by atoms with Crippen LogP contribution in [0.3, 0.4) is 0 Å². The maximum atomic E-state index is 14.6. The van der Waals surface area contributed by atoms with Gasteiger partial charge in [0.1, 0.15) is 0 Å². The van der Waals surface area contributed by atoms with Crippen molar-refractivity contribution in [1.82, 2.24) is 14.9 Å². The molecule has 0 amide bonds. The third kappa shape index (κ3) is 5.74. The highest BCUT2D eigenvalue weighted by atomic mass is 19.3. The van der Waals surface area contributed by atoms with Crippen LogP contribution in [0, 0.1) is 5.82 Å². The summed E-state index contributed by atoms with van der Waals surface area (Å²) in [5.74, 6) is -0.182. The number of hydrogen-bond donors (Lipinski definition) is 2. The highest BCUT2D eigenvalue weighted by Gasteiger charge is 2.43. The van der Waals surface area contributed by atoms with Gasteiger partial charge in [-0.05, 0) is 72.6 Å². The fourth-order valence-electron chi connectivity index (χ4n) is 5.33. The predicted octanol–water partition coefficient (Wildman–Crippen LogP) is 5.62. The molecule has 4 rings (SSSR count). The third-order valence-electron chi connectivity index (χ3n) is 7.27. The monoisotopic (exact) mass is 492 g/mol. The number of nitrogens with one attached hydrogen (secondary N) is 2. The zero-order valence-electron chi connectivity index (χ0n) is 21.0. The Morgan fingerprint density at radius 2 is 1.74 bits per heavy atom. The van der Waals surface area contributed by atoms with Crippen molar-refractivity contribution >= 4 is 23.1 Å². The average Bonchev–Trinajstić information content (AvgIpc) is 3.28. The molecule has 35 heavy (non-hydrogen) atoms. The molecule has 0 unspecified atom stereocenters. The van der Waals surface area contributed by atoms with Gasteiger partial charge in [0.05, 0.1) is 11.9 Å². The summed E-state index contributed by atoms with van der Waals surface area (Å²) in [6.07, 6.45) is 4.78. The van der Waals surface area contributed by atoms with Crippen LogP contribution in [-0.4, -0.2) is 58.7 Å². The Morgan fingerprint density at radius 1 is 1.09 bits per heavy atom. The summed E-state index contributed by atoms with van der Waals surface area (Å²) in [6, 6.07) is 5.03. The lowest BCUT2D eigenvalue weighted by Crippen LogP contribution is -2.61. The molecule has 2 aliphatic rings. The molecule has 0 saturated carbocycles. The van der Waals surface area contributed by atoms with Crippen LogP contribution in [0.25, 0.3) is 0 Å². The minimum atomic E-state index is -2.94. The first-order valence-electron chi connectivity index (χ1n) is 12.1. The highest BCUT2D eigenvalue weighted by Crippen LogP contribution is 2.38. The first-order valence-corrected chi connectivity index (χ1v) is 12.1. The lowest BCUT2D eigenvalue weighted by atomic mass is 9.77. The van der Waals surface area contributed by atoms with Crippen LogP contribution < -0.4 is 20.3 Å². The van der Waals surface area contributed by atoms with Gasteiger partial charge < -0.3 is 20.3 Å². The summed E-state index contributed by atoms with van der Waals surface area (Å²) in [7, 11) is 2.12. The number of aromatic nitrogens is 2. The summed E-state index contributed by atoms with van der Waals surface area (Å²) < 4.78 is 45.5. The summed E-state index contributed by atoms with van der Waals surface area (Å²) in [5.41, 5.74) is 0.968. The number of anilines is 4. The van der Waals surface area contributed by atoms with E-state index in [0.717, 1.165) is 45.0 Å². The lowest BCUT2D eigenvalue weighted by Gasteiger charge is -2.53. The van der Waals surface area contributed by atoms with Crippen molar-refractivity contribution in [3.8, 4) is 5.75 Å². The first kappa shape index (κ1) is 25.3. The molecule has 2 N–H and O–H groups in total. The van der Waals surface area contributed by atoms with Gasteiger partial charge in [0.25, 0.3) is 0 Å². The van der Waals surface area contributed by atoms with Crippen LogP contribution in [0.4, 0.5) is 36.3 Å². The lowest BCUT2D eigenvalue weighted by molar-refractivity contribution is -0.0494. The number of hydrogen-bond acceptors (Lipinski definition) is 7. The van der Waals surface area contributed by atoms with Crippen molar-refractivity contribution in [2.45, 2.75) is 77.1 Å². The second kappa shape index (κ2) is 9.72. The van der Waals surface area contributed by atoms with Gasteiger partial charge in [0.2, 0.25) is 5.95 Å². The Bertz CT molecular complexity index is 1020. The zero-order chi connectivity index (χ0) is 25.4. The van der Waals surface area contributed by atoms with Crippen LogP contribution in [-0.2, 0) is 0 Å². The second-order valence-corrected chi connectivity index (χ2v) is 10.7. The van der Waals surface area contributed by atoms with Gasteiger partial charge in [0.15, 0.2) is 17.4 Å². The Hall–Kier alpha value is -2.75. The van der Waals surface area contributed by atoms with Crippen molar-refractivity contribution in [2.24, 2.45) is 0 Å². The van der Waals surface area contributed by atoms with Crippen molar-refractivity contribution in [2.75, 3.05) is 35.7 Å². The fourth-order valence-corrected chi connectivity index (χ4v) is 5.33. The van der Waals surface area contributed by atoms with Gasteiger partial charge in [-0.3, -0.25) is 4.90 Å². The minimum absolute atomic E-state index is 0.0271. The minimum Gasteiger partial charge on any atom is -0.433 e. The number of likely N-dealkylation sites (tertiary alicyclic amines) is 1. The number of alkyl halides is 2. The SMILES string of the molecule is CN1C(C)(C)CC(Nc2nc(Nc3ccc(N4CCCC4)c(OC(F)F)c3)ncc2F)CC1(C)C. The van der Waals surface area contributed by atoms with Crippen LogP contribution in [0.5, 0.6) is 5.75 Å². The van der Waals surface area contributed by atoms with Crippen molar-refractivity contribution < 1.29 is 17.9 Å². The molecule has 1 aromatic heterocycles. The molecule has 0 spiro atoms. The molecule has 2 fully saturated rings. The largest absolute Gasteiger partial charge is 0.433 e. The number of piperidine rings is 1. The van der Waals surface area contributed by atoms with E-state index in [-0.39, 0.29) is 34.6 Å². The maximum absolute atomic E-state index is 14.6. The van der Waals surface area contributed by atoms with Crippen LogP contribution in [0.15, 0.2) is 24.4 Å². The van der Waals surface area contributed by atoms with Gasteiger partial charge >= 0.3 is 6.61 Å². The fraction of sp³-hybridized carbons (Fsp3) is 0.600. The Balaban J connectivity index is 1.53. The van der Waals surface area contributed by atoms with Crippen LogP contribution in [0.1, 0.15) is 53.4 Å². The molecule has 10 heteroatoms. The molecular formula is C25H35F3N6O. The van der Waals surface area contributed by atoms with E-state index >= 15 is 0 Å². The summed E-state index contributed by atoms with van der Waals surface area (Å²) in [6.45, 7) is 7.37. The molecule has 2 aromatic rings. The summed E-state index contributed by atoms with van der Waals surface area (Å²) in [4.78, 5) is 12.8. The smallest absolute Gasteiger partial charge is 0.387 e. The first-order chi connectivity index (χ1) is 16.4. The zero-order valence-corrected chi connectivity index (χ0v) is 21.0. The Labute approximate surface area is 205 Å². The van der Waals surface area contributed by atoms with Crippen molar-refractivity contribution in [3.63, 3.8) is 0 Å². The highest BCUT2D eigenvalue weighted by molar-refractivity contribution is 5.68. The van der Waals surface area contributed by atoms with Crippen LogP contribution >= 0.6 is 0 Å². The third-order valence-corrected chi connectivity index (χ3v) is 7.27. The van der Waals surface area contributed by atoms with E-state index in [1.807, 2.05) is 4.90 Å². The van der Waals surface area contributed by atoms with E-state index in [1.54, 1.807) is 12.1 Å². The van der Waals surface area contributed by atoms with E-state index < -0.39 is 12.4 Å². The number of nitrogens with zero attached hydrogens (tertiary/aromatic N) is 4. The topological polar surface area (TPSA) is 65.5 Å². The van der Waals surface area contributed by atoms with Crippen LogP contribution in [0.2, 0.25) is 0 Å².